The van der Waals surface area contributed by atoms with Crippen molar-refractivity contribution < 1.29 is 9.53 Å². The fourth-order valence-corrected chi connectivity index (χ4v) is 2.71. The predicted molar refractivity (Wildman–Crippen MR) is 93.3 cm³/mol. The summed E-state index contributed by atoms with van der Waals surface area (Å²) in [6.07, 6.45) is 2.59. The highest BCUT2D eigenvalue weighted by molar-refractivity contribution is 5.69. The van der Waals surface area contributed by atoms with Gasteiger partial charge in [-0.05, 0) is 66.2 Å². The highest BCUT2D eigenvalue weighted by Gasteiger charge is 2.36. The maximum absolute atomic E-state index is 12.4. The highest BCUT2D eigenvalue weighted by atomic mass is 16.6. The molecular weight excluding hydrogens is 294 g/mol. The minimum atomic E-state index is -0.473. The summed E-state index contributed by atoms with van der Waals surface area (Å²) < 4.78 is 5.54. The van der Waals surface area contributed by atoms with E-state index in [-0.39, 0.29) is 12.1 Å². The Hall–Kier alpha value is -0.890. The minimum absolute atomic E-state index is 0.151. The Labute approximate surface area is 140 Å². The number of hydrogen-bond donors (Lipinski definition) is 4. The van der Waals surface area contributed by atoms with Crippen LogP contribution in [0.4, 0.5) is 4.79 Å². The van der Waals surface area contributed by atoms with Crippen LogP contribution in [0.2, 0.25) is 0 Å². The summed E-state index contributed by atoms with van der Waals surface area (Å²) in [5.41, 5.74) is 10.6. The minimum Gasteiger partial charge on any atom is -0.444 e. The number of rotatable bonds is 9. The van der Waals surface area contributed by atoms with Crippen molar-refractivity contribution in [1.29, 1.82) is 0 Å². The lowest BCUT2D eigenvalue weighted by atomic mass is 10.1. The zero-order valence-electron chi connectivity index (χ0n) is 14.9. The molecule has 1 aliphatic heterocycles. The number of nitrogens with one attached hydrogen (secondary N) is 2. The molecule has 1 fully saturated rings. The Morgan fingerprint density at radius 3 is 2.48 bits per heavy atom. The lowest BCUT2D eigenvalue weighted by Crippen LogP contribution is -2.44. The summed E-state index contributed by atoms with van der Waals surface area (Å²) in [6, 6.07) is 0.452. The summed E-state index contributed by atoms with van der Waals surface area (Å²) in [4.78, 5) is 14.3. The highest BCUT2D eigenvalue weighted by Crippen LogP contribution is 2.21. The molecule has 6 N–H and O–H groups in total. The standard InChI is InChI=1S/C16H35N5O2/c1-16(2,3)23-15(22)21-12-13(20-9-5-7-18)10-14(21)11-19-8-4-6-17/h13-14,19-20H,4-12,17-18H2,1-3H3/t13-,14+/m0/s1. The van der Waals surface area contributed by atoms with Gasteiger partial charge in [0.15, 0.2) is 0 Å². The monoisotopic (exact) mass is 329 g/mol. The van der Waals surface area contributed by atoms with Gasteiger partial charge in [0.2, 0.25) is 0 Å². The van der Waals surface area contributed by atoms with E-state index in [1.807, 2.05) is 25.7 Å². The van der Waals surface area contributed by atoms with E-state index in [0.717, 1.165) is 38.9 Å². The fourth-order valence-electron chi connectivity index (χ4n) is 2.71. The van der Waals surface area contributed by atoms with E-state index < -0.39 is 5.60 Å². The van der Waals surface area contributed by atoms with Crippen molar-refractivity contribution in [1.82, 2.24) is 15.5 Å². The molecule has 1 heterocycles. The van der Waals surface area contributed by atoms with Gasteiger partial charge in [0, 0.05) is 25.2 Å². The third kappa shape index (κ3) is 7.97. The Morgan fingerprint density at radius 1 is 1.22 bits per heavy atom. The molecule has 0 aromatic heterocycles. The van der Waals surface area contributed by atoms with Gasteiger partial charge in [-0.3, -0.25) is 0 Å². The second kappa shape index (κ2) is 10.1. The number of carbonyl (C=O) groups is 1. The van der Waals surface area contributed by atoms with E-state index in [1.54, 1.807) is 0 Å². The molecule has 0 bridgehead atoms. The van der Waals surface area contributed by atoms with E-state index in [9.17, 15) is 4.79 Å². The summed E-state index contributed by atoms with van der Waals surface area (Å²) in [6.45, 7) is 10.3. The molecule has 0 unspecified atom stereocenters. The molecule has 136 valence electrons. The van der Waals surface area contributed by atoms with Gasteiger partial charge in [0.1, 0.15) is 5.60 Å². The predicted octanol–water partition coefficient (Wildman–Crippen LogP) is 0.241. The van der Waals surface area contributed by atoms with Crippen molar-refractivity contribution in [2.24, 2.45) is 11.5 Å². The molecule has 0 aromatic carbocycles. The molecular formula is C16H35N5O2. The molecule has 23 heavy (non-hydrogen) atoms. The Balaban J connectivity index is 2.55. The van der Waals surface area contributed by atoms with Gasteiger partial charge >= 0.3 is 6.09 Å². The molecule has 1 saturated heterocycles. The third-order valence-electron chi connectivity index (χ3n) is 3.79. The van der Waals surface area contributed by atoms with Crippen molar-refractivity contribution in [2.45, 2.75) is 57.7 Å². The number of ether oxygens (including phenoxy) is 1. The van der Waals surface area contributed by atoms with Crippen LogP contribution in [0.25, 0.3) is 0 Å². The zero-order chi connectivity index (χ0) is 17.3. The van der Waals surface area contributed by atoms with Crippen molar-refractivity contribution in [2.75, 3.05) is 39.3 Å². The van der Waals surface area contributed by atoms with Crippen LogP contribution in [-0.4, -0.2) is 67.9 Å². The first-order valence-corrected chi connectivity index (χ1v) is 8.71. The van der Waals surface area contributed by atoms with Gasteiger partial charge in [-0.1, -0.05) is 0 Å². The van der Waals surface area contributed by atoms with E-state index in [4.69, 9.17) is 16.2 Å². The van der Waals surface area contributed by atoms with Crippen molar-refractivity contribution in [3.63, 3.8) is 0 Å². The van der Waals surface area contributed by atoms with Gasteiger partial charge in [0.25, 0.3) is 0 Å². The van der Waals surface area contributed by atoms with Crippen LogP contribution >= 0.6 is 0 Å². The molecule has 0 aromatic rings. The van der Waals surface area contributed by atoms with Crippen LogP contribution in [0.15, 0.2) is 0 Å². The average molecular weight is 329 g/mol. The number of nitrogens with two attached hydrogens (primary N) is 2. The van der Waals surface area contributed by atoms with Crippen LogP contribution < -0.4 is 22.1 Å². The van der Waals surface area contributed by atoms with Crippen molar-refractivity contribution >= 4 is 6.09 Å². The number of nitrogens with zero attached hydrogens (tertiary/aromatic N) is 1. The first-order valence-electron chi connectivity index (χ1n) is 8.71. The smallest absolute Gasteiger partial charge is 0.410 e. The SMILES string of the molecule is CC(C)(C)OC(=O)N1C[C@@H](NCCCN)C[C@@H]1CNCCCN. The molecule has 2 atom stereocenters. The van der Waals surface area contributed by atoms with Crippen LogP contribution in [0, 0.1) is 0 Å². The molecule has 0 spiro atoms. The lowest BCUT2D eigenvalue weighted by Gasteiger charge is -2.28. The molecule has 7 nitrogen and oxygen atoms in total. The van der Waals surface area contributed by atoms with Crippen LogP contribution in [0.1, 0.15) is 40.0 Å². The van der Waals surface area contributed by atoms with E-state index in [2.05, 4.69) is 10.6 Å². The first kappa shape index (κ1) is 20.2. The largest absolute Gasteiger partial charge is 0.444 e. The fraction of sp³-hybridized carbons (Fsp3) is 0.938. The molecule has 0 radical (unpaired) electrons. The van der Waals surface area contributed by atoms with Gasteiger partial charge in [-0.15, -0.1) is 0 Å². The maximum Gasteiger partial charge on any atom is 0.410 e. The van der Waals surface area contributed by atoms with Gasteiger partial charge in [0.05, 0.1) is 0 Å². The van der Waals surface area contributed by atoms with Crippen LogP contribution in [0.3, 0.4) is 0 Å². The second-order valence-corrected chi connectivity index (χ2v) is 7.16. The van der Waals surface area contributed by atoms with Gasteiger partial charge < -0.3 is 31.7 Å². The Bertz CT molecular complexity index is 346. The summed E-state index contributed by atoms with van der Waals surface area (Å²) >= 11 is 0. The Kier molecular flexibility index (Phi) is 8.83. The molecule has 1 aliphatic rings. The number of carbonyl (C=O) groups excluding carboxylic acids is 1. The maximum atomic E-state index is 12.4. The average Bonchev–Trinajstić information content (AvgIpc) is 2.85. The van der Waals surface area contributed by atoms with Gasteiger partial charge in [-0.25, -0.2) is 4.79 Å². The molecule has 1 amide bonds. The van der Waals surface area contributed by atoms with Crippen molar-refractivity contribution in [3.8, 4) is 0 Å². The Morgan fingerprint density at radius 2 is 1.87 bits per heavy atom. The second-order valence-electron chi connectivity index (χ2n) is 7.16. The van der Waals surface area contributed by atoms with Crippen molar-refractivity contribution in [3.05, 3.63) is 0 Å². The topological polar surface area (TPSA) is 106 Å². The molecule has 0 saturated carbocycles. The summed E-state index contributed by atoms with van der Waals surface area (Å²) in [5, 5.41) is 6.87. The number of amides is 1. The lowest BCUT2D eigenvalue weighted by molar-refractivity contribution is 0.0224. The molecule has 1 rings (SSSR count). The molecule has 0 aliphatic carbocycles. The van der Waals surface area contributed by atoms with Crippen LogP contribution in [0.5, 0.6) is 0 Å². The zero-order valence-corrected chi connectivity index (χ0v) is 14.9. The third-order valence-corrected chi connectivity index (χ3v) is 3.79. The van der Waals surface area contributed by atoms with E-state index in [1.165, 1.54) is 0 Å². The summed E-state index contributed by atoms with van der Waals surface area (Å²) in [7, 11) is 0. The summed E-state index contributed by atoms with van der Waals surface area (Å²) in [5.74, 6) is 0. The first-order chi connectivity index (χ1) is 10.9. The molecule has 7 heteroatoms. The van der Waals surface area contributed by atoms with Crippen LogP contribution in [-0.2, 0) is 4.74 Å². The normalized spacial score (nSPS) is 21.7. The quantitative estimate of drug-likeness (QED) is 0.452. The van der Waals surface area contributed by atoms with Gasteiger partial charge in [-0.2, -0.15) is 0 Å². The number of hydrogen-bond acceptors (Lipinski definition) is 6. The number of likely N-dealkylation sites (tertiary alicyclic amines) is 1. The van der Waals surface area contributed by atoms with E-state index >= 15 is 0 Å². The van der Waals surface area contributed by atoms with E-state index in [0.29, 0.717) is 25.7 Å².